The van der Waals surface area contributed by atoms with Crippen LogP contribution in [0.15, 0.2) is 34.9 Å². The second kappa shape index (κ2) is 9.38. The summed E-state index contributed by atoms with van der Waals surface area (Å²) < 4.78 is 19.5. The minimum atomic E-state index is -0.364. The summed E-state index contributed by atoms with van der Waals surface area (Å²) in [4.78, 5) is 34.9. The van der Waals surface area contributed by atoms with Gasteiger partial charge in [0.25, 0.3) is 0 Å². The van der Waals surface area contributed by atoms with Gasteiger partial charge in [0, 0.05) is 52.1 Å². The summed E-state index contributed by atoms with van der Waals surface area (Å²) in [5.41, 5.74) is 0.363. The van der Waals surface area contributed by atoms with Gasteiger partial charge in [-0.3, -0.25) is 14.5 Å². The zero-order valence-electron chi connectivity index (χ0n) is 17.1. The number of hydrogen-bond donors (Lipinski definition) is 0. The van der Waals surface area contributed by atoms with E-state index >= 15 is 0 Å². The molecule has 2 aliphatic heterocycles. The number of aryl methyl sites for hydroxylation is 1. The Labute approximate surface area is 175 Å². The molecule has 1 aromatic carbocycles. The van der Waals surface area contributed by atoms with Crippen LogP contribution >= 0.6 is 0 Å². The van der Waals surface area contributed by atoms with Crippen LogP contribution in [0.4, 0.5) is 4.39 Å². The van der Waals surface area contributed by atoms with E-state index in [1.807, 2.05) is 9.80 Å². The van der Waals surface area contributed by atoms with Crippen molar-refractivity contribution in [3.05, 3.63) is 42.2 Å². The van der Waals surface area contributed by atoms with Gasteiger partial charge in [0.15, 0.2) is 11.7 Å². The van der Waals surface area contributed by atoms with Crippen molar-refractivity contribution in [1.29, 1.82) is 0 Å². The SMILES string of the molecule is O=C(CCc1ncc(-c2ccccc2F)o1)N1CCN(CC(=O)N2CCCC2)CC1. The predicted molar refractivity (Wildman–Crippen MR) is 109 cm³/mol. The number of oxazole rings is 1. The molecule has 160 valence electrons. The summed E-state index contributed by atoms with van der Waals surface area (Å²) >= 11 is 0. The summed E-state index contributed by atoms with van der Waals surface area (Å²) in [7, 11) is 0. The Morgan fingerprint density at radius 2 is 1.67 bits per heavy atom. The number of aromatic nitrogens is 1. The first kappa shape index (κ1) is 20.5. The molecule has 0 bridgehead atoms. The number of nitrogens with zero attached hydrogens (tertiary/aromatic N) is 4. The lowest BCUT2D eigenvalue weighted by atomic mass is 10.2. The van der Waals surface area contributed by atoms with Gasteiger partial charge in [-0.05, 0) is 25.0 Å². The van der Waals surface area contributed by atoms with E-state index in [4.69, 9.17) is 4.42 Å². The van der Waals surface area contributed by atoms with Crippen molar-refractivity contribution in [2.24, 2.45) is 0 Å². The Morgan fingerprint density at radius 3 is 2.40 bits per heavy atom. The molecular weight excluding hydrogens is 387 g/mol. The van der Waals surface area contributed by atoms with Crippen LogP contribution < -0.4 is 0 Å². The molecule has 0 N–H and O–H groups in total. The maximum atomic E-state index is 13.9. The van der Waals surface area contributed by atoms with Crippen molar-refractivity contribution in [2.45, 2.75) is 25.7 Å². The normalized spacial score (nSPS) is 17.5. The van der Waals surface area contributed by atoms with E-state index < -0.39 is 0 Å². The van der Waals surface area contributed by atoms with Gasteiger partial charge < -0.3 is 14.2 Å². The third kappa shape index (κ3) is 4.87. The molecule has 2 amide bonds. The average molecular weight is 414 g/mol. The largest absolute Gasteiger partial charge is 0.441 e. The van der Waals surface area contributed by atoms with Crippen LogP contribution in [0.1, 0.15) is 25.2 Å². The quantitative estimate of drug-likeness (QED) is 0.725. The Hall–Kier alpha value is -2.74. The summed E-state index contributed by atoms with van der Waals surface area (Å²) in [5, 5.41) is 0. The molecule has 30 heavy (non-hydrogen) atoms. The van der Waals surface area contributed by atoms with Crippen molar-refractivity contribution >= 4 is 11.8 Å². The molecule has 0 unspecified atom stereocenters. The van der Waals surface area contributed by atoms with Crippen molar-refractivity contribution in [3.8, 4) is 11.3 Å². The zero-order chi connectivity index (χ0) is 20.9. The first-order valence-electron chi connectivity index (χ1n) is 10.6. The predicted octanol–water partition coefficient (Wildman–Crippen LogP) is 2.18. The van der Waals surface area contributed by atoms with Crippen LogP contribution in [0.3, 0.4) is 0 Å². The van der Waals surface area contributed by atoms with Gasteiger partial charge >= 0.3 is 0 Å². The lowest BCUT2D eigenvalue weighted by molar-refractivity contribution is -0.134. The van der Waals surface area contributed by atoms with E-state index in [1.165, 1.54) is 12.3 Å². The van der Waals surface area contributed by atoms with Gasteiger partial charge in [0.2, 0.25) is 11.8 Å². The van der Waals surface area contributed by atoms with Crippen LogP contribution in [0, 0.1) is 5.82 Å². The van der Waals surface area contributed by atoms with Crippen LogP contribution in [0.5, 0.6) is 0 Å². The first-order chi connectivity index (χ1) is 14.6. The summed E-state index contributed by atoms with van der Waals surface area (Å²) in [6.07, 6.45) is 4.36. The summed E-state index contributed by atoms with van der Waals surface area (Å²) in [6.45, 7) is 4.85. The molecule has 0 radical (unpaired) electrons. The molecule has 2 saturated heterocycles. The molecule has 0 saturated carbocycles. The lowest BCUT2D eigenvalue weighted by Gasteiger charge is -2.35. The molecule has 0 aliphatic carbocycles. The van der Waals surface area contributed by atoms with Crippen LogP contribution in [0.25, 0.3) is 11.3 Å². The molecule has 8 heteroatoms. The number of benzene rings is 1. The summed E-state index contributed by atoms with van der Waals surface area (Å²) in [6, 6.07) is 6.37. The molecular formula is C22H27FN4O3. The number of halogens is 1. The van der Waals surface area contributed by atoms with Crippen molar-refractivity contribution in [3.63, 3.8) is 0 Å². The minimum absolute atomic E-state index is 0.0474. The van der Waals surface area contributed by atoms with E-state index in [2.05, 4.69) is 9.88 Å². The molecule has 2 aromatic rings. The molecule has 2 aliphatic rings. The fraction of sp³-hybridized carbons (Fsp3) is 0.500. The standard InChI is InChI=1S/C22H27FN4O3/c23-18-6-2-1-5-17(18)19-15-24-20(30-19)7-8-21(28)27-13-11-25(12-14-27)16-22(29)26-9-3-4-10-26/h1-2,5-6,15H,3-4,7-14,16H2. The van der Waals surface area contributed by atoms with Crippen molar-refractivity contribution in [1.82, 2.24) is 19.7 Å². The van der Waals surface area contributed by atoms with Crippen LogP contribution in [-0.4, -0.2) is 77.3 Å². The van der Waals surface area contributed by atoms with Gasteiger partial charge in [0.05, 0.1) is 18.3 Å². The lowest BCUT2D eigenvalue weighted by Crippen LogP contribution is -2.51. The highest BCUT2D eigenvalue weighted by Gasteiger charge is 2.25. The maximum absolute atomic E-state index is 13.9. The molecule has 7 nitrogen and oxygen atoms in total. The van der Waals surface area contributed by atoms with Crippen LogP contribution in [0.2, 0.25) is 0 Å². The smallest absolute Gasteiger partial charge is 0.236 e. The Morgan fingerprint density at radius 1 is 0.967 bits per heavy atom. The van der Waals surface area contributed by atoms with Gasteiger partial charge in [0.1, 0.15) is 5.82 Å². The second-order valence-electron chi connectivity index (χ2n) is 7.84. The molecule has 2 fully saturated rings. The number of likely N-dealkylation sites (tertiary alicyclic amines) is 1. The van der Waals surface area contributed by atoms with Crippen molar-refractivity contribution < 1.29 is 18.4 Å². The Bertz CT molecular complexity index is 886. The van der Waals surface area contributed by atoms with E-state index in [9.17, 15) is 14.0 Å². The number of piperazine rings is 1. The second-order valence-corrected chi connectivity index (χ2v) is 7.84. The topological polar surface area (TPSA) is 69.9 Å². The highest BCUT2D eigenvalue weighted by molar-refractivity contribution is 5.79. The average Bonchev–Trinajstić information content (AvgIpc) is 3.45. The van der Waals surface area contributed by atoms with E-state index in [0.29, 0.717) is 62.8 Å². The van der Waals surface area contributed by atoms with E-state index in [0.717, 1.165) is 25.9 Å². The third-order valence-electron chi connectivity index (χ3n) is 5.79. The number of carbonyl (C=O) groups excluding carboxylic acids is 2. The van der Waals surface area contributed by atoms with Gasteiger partial charge in [-0.15, -0.1) is 0 Å². The zero-order valence-corrected chi connectivity index (χ0v) is 17.1. The minimum Gasteiger partial charge on any atom is -0.441 e. The Kier molecular flexibility index (Phi) is 6.42. The number of carbonyl (C=O) groups is 2. The van der Waals surface area contributed by atoms with Gasteiger partial charge in [-0.2, -0.15) is 0 Å². The third-order valence-corrected chi connectivity index (χ3v) is 5.79. The summed E-state index contributed by atoms with van der Waals surface area (Å²) in [5.74, 6) is 0.675. The molecule has 0 spiro atoms. The Balaban J connectivity index is 1.22. The highest BCUT2D eigenvalue weighted by Crippen LogP contribution is 2.23. The number of rotatable bonds is 6. The van der Waals surface area contributed by atoms with E-state index in [1.54, 1.807) is 18.2 Å². The first-order valence-corrected chi connectivity index (χ1v) is 10.6. The molecule has 3 heterocycles. The van der Waals surface area contributed by atoms with Crippen molar-refractivity contribution in [2.75, 3.05) is 45.8 Å². The van der Waals surface area contributed by atoms with Gasteiger partial charge in [-0.25, -0.2) is 9.37 Å². The molecule has 4 rings (SSSR count). The van der Waals surface area contributed by atoms with Gasteiger partial charge in [-0.1, -0.05) is 12.1 Å². The van der Waals surface area contributed by atoms with E-state index in [-0.39, 0.29) is 17.6 Å². The number of amides is 2. The maximum Gasteiger partial charge on any atom is 0.236 e. The monoisotopic (exact) mass is 414 g/mol. The number of hydrogen-bond acceptors (Lipinski definition) is 5. The molecule has 1 aromatic heterocycles. The van der Waals surface area contributed by atoms with Crippen LogP contribution in [-0.2, 0) is 16.0 Å². The highest BCUT2D eigenvalue weighted by atomic mass is 19.1. The molecule has 0 atom stereocenters. The fourth-order valence-electron chi connectivity index (χ4n) is 4.00. The fourth-order valence-corrected chi connectivity index (χ4v) is 4.00.